The summed E-state index contributed by atoms with van der Waals surface area (Å²) in [5, 5.41) is 3.18. The van der Waals surface area contributed by atoms with Gasteiger partial charge in [-0.2, -0.15) is 0 Å². The second kappa shape index (κ2) is 5.69. The topological polar surface area (TPSA) is 56.5 Å². The largest absolute Gasteiger partial charge is 0.497 e. The predicted octanol–water partition coefficient (Wildman–Crippen LogP) is 3.48. The fourth-order valence-electron chi connectivity index (χ4n) is 1.85. The van der Waals surface area contributed by atoms with Crippen molar-refractivity contribution in [1.29, 1.82) is 0 Å². The van der Waals surface area contributed by atoms with Gasteiger partial charge in [0.1, 0.15) is 5.75 Å². The Hall–Kier alpha value is -2.43. The normalized spacial score (nSPS) is 10.2. The zero-order valence-corrected chi connectivity index (χ0v) is 11.7. The lowest BCUT2D eigenvalue weighted by Crippen LogP contribution is -1.99. The quantitative estimate of drug-likeness (QED) is 0.839. The number of methoxy groups -OCH3 is 2. The minimum absolute atomic E-state index is 0.184. The number of halogens is 1. The molecule has 106 valence electrons. The van der Waals surface area contributed by atoms with Crippen LogP contribution in [0.1, 0.15) is 5.56 Å². The van der Waals surface area contributed by atoms with Crippen LogP contribution >= 0.6 is 0 Å². The first-order valence-corrected chi connectivity index (χ1v) is 6.10. The maximum Gasteiger partial charge on any atom is 0.165 e. The van der Waals surface area contributed by atoms with E-state index in [4.69, 9.17) is 15.2 Å². The number of benzene rings is 2. The van der Waals surface area contributed by atoms with Crippen molar-refractivity contribution in [1.82, 2.24) is 0 Å². The van der Waals surface area contributed by atoms with Crippen molar-refractivity contribution < 1.29 is 13.9 Å². The Morgan fingerprint density at radius 2 is 1.85 bits per heavy atom. The van der Waals surface area contributed by atoms with Gasteiger partial charge in [0.2, 0.25) is 0 Å². The first kappa shape index (κ1) is 14.0. The van der Waals surface area contributed by atoms with Gasteiger partial charge in [-0.05, 0) is 24.6 Å². The summed E-state index contributed by atoms with van der Waals surface area (Å²) in [4.78, 5) is 0. The third kappa shape index (κ3) is 2.77. The Bertz CT molecular complexity index is 630. The number of rotatable bonds is 4. The maximum absolute atomic E-state index is 13.4. The zero-order chi connectivity index (χ0) is 14.7. The molecule has 2 aromatic carbocycles. The number of anilines is 3. The summed E-state index contributed by atoms with van der Waals surface area (Å²) in [5.41, 5.74) is 8.96. The van der Waals surface area contributed by atoms with Crippen molar-refractivity contribution in [3.8, 4) is 11.5 Å². The Balaban J connectivity index is 2.36. The Morgan fingerprint density at radius 3 is 2.50 bits per heavy atom. The molecular weight excluding hydrogens is 259 g/mol. The molecule has 2 aromatic rings. The van der Waals surface area contributed by atoms with Gasteiger partial charge in [0, 0.05) is 35.3 Å². The average Bonchev–Trinajstić information content (AvgIpc) is 2.45. The number of nitrogens with two attached hydrogens (primary N) is 1. The average molecular weight is 276 g/mol. The zero-order valence-electron chi connectivity index (χ0n) is 11.7. The van der Waals surface area contributed by atoms with Crippen molar-refractivity contribution in [3.05, 3.63) is 41.7 Å². The molecular formula is C15H17FN2O2. The highest BCUT2D eigenvalue weighted by molar-refractivity contribution is 5.72. The molecule has 0 bridgehead atoms. The monoisotopic (exact) mass is 276 g/mol. The third-order valence-electron chi connectivity index (χ3n) is 3.09. The molecule has 0 amide bonds. The van der Waals surface area contributed by atoms with Crippen molar-refractivity contribution in [2.45, 2.75) is 6.92 Å². The molecule has 0 saturated carbocycles. The second-order valence-corrected chi connectivity index (χ2v) is 4.36. The standard InChI is InChI=1S/C15H17FN2O2/c1-9-13(17)7-11(19-2)8-14(9)18-10-4-5-12(16)15(6-10)20-3/h4-8,18H,17H2,1-3H3. The summed E-state index contributed by atoms with van der Waals surface area (Å²) in [5.74, 6) is 0.438. The Labute approximate surface area is 117 Å². The van der Waals surface area contributed by atoms with Crippen LogP contribution in [0.15, 0.2) is 30.3 Å². The van der Waals surface area contributed by atoms with E-state index >= 15 is 0 Å². The molecule has 0 aliphatic rings. The minimum atomic E-state index is -0.403. The van der Waals surface area contributed by atoms with E-state index in [0.29, 0.717) is 17.1 Å². The SMILES string of the molecule is COc1cc(N)c(C)c(Nc2ccc(F)c(OC)c2)c1. The van der Waals surface area contributed by atoms with Gasteiger partial charge in [-0.25, -0.2) is 4.39 Å². The summed E-state index contributed by atoms with van der Waals surface area (Å²) in [6.07, 6.45) is 0. The second-order valence-electron chi connectivity index (χ2n) is 4.36. The van der Waals surface area contributed by atoms with Crippen molar-refractivity contribution >= 4 is 17.1 Å². The number of hydrogen-bond acceptors (Lipinski definition) is 4. The van der Waals surface area contributed by atoms with Crippen LogP contribution in [-0.2, 0) is 0 Å². The van der Waals surface area contributed by atoms with Gasteiger partial charge >= 0.3 is 0 Å². The molecule has 0 aliphatic carbocycles. The molecule has 0 aliphatic heterocycles. The smallest absolute Gasteiger partial charge is 0.165 e. The van der Waals surface area contributed by atoms with Gasteiger partial charge in [0.25, 0.3) is 0 Å². The molecule has 0 atom stereocenters. The highest BCUT2D eigenvalue weighted by Crippen LogP contribution is 2.31. The third-order valence-corrected chi connectivity index (χ3v) is 3.09. The fraction of sp³-hybridized carbons (Fsp3) is 0.200. The Kier molecular flexibility index (Phi) is 3.98. The Morgan fingerprint density at radius 1 is 1.10 bits per heavy atom. The first-order valence-electron chi connectivity index (χ1n) is 6.10. The maximum atomic E-state index is 13.4. The van der Waals surface area contributed by atoms with E-state index in [1.165, 1.54) is 13.2 Å². The predicted molar refractivity (Wildman–Crippen MR) is 78.4 cm³/mol. The van der Waals surface area contributed by atoms with Gasteiger partial charge < -0.3 is 20.5 Å². The summed E-state index contributed by atoms with van der Waals surface area (Å²) in [7, 11) is 3.01. The van der Waals surface area contributed by atoms with Gasteiger partial charge in [0.15, 0.2) is 11.6 Å². The van der Waals surface area contributed by atoms with E-state index in [9.17, 15) is 4.39 Å². The molecule has 0 radical (unpaired) electrons. The molecule has 0 fully saturated rings. The minimum Gasteiger partial charge on any atom is -0.497 e. The summed E-state index contributed by atoms with van der Waals surface area (Å²) < 4.78 is 23.5. The van der Waals surface area contributed by atoms with Crippen LogP contribution in [0, 0.1) is 12.7 Å². The lowest BCUT2D eigenvalue weighted by Gasteiger charge is -2.14. The molecule has 3 N–H and O–H groups in total. The van der Waals surface area contributed by atoms with Gasteiger partial charge in [0.05, 0.1) is 14.2 Å². The molecule has 0 heterocycles. The van der Waals surface area contributed by atoms with Gasteiger partial charge in [-0.3, -0.25) is 0 Å². The number of nitrogen functional groups attached to an aromatic ring is 1. The van der Waals surface area contributed by atoms with Crippen LogP contribution < -0.4 is 20.5 Å². The summed E-state index contributed by atoms with van der Waals surface area (Å²) >= 11 is 0. The summed E-state index contributed by atoms with van der Waals surface area (Å²) in [6.45, 7) is 1.90. The summed E-state index contributed by atoms with van der Waals surface area (Å²) in [6, 6.07) is 8.16. The molecule has 20 heavy (non-hydrogen) atoms. The molecule has 0 spiro atoms. The highest BCUT2D eigenvalue weighted by Gasteiger charge is 2.08. The van der Waals surface area contributed by atoms with Crippen molar-refractivity contribution in [2.75, 3.05) is 25.3 Å². The van der Waals surface area contributed by atoms with Crippen LogP contribution in [-0.4, -0.2) is 14.2 Å². The lowest BCUT2D eigenvalue weighted by molar-refractivity contribution is 0.387. The van der Waals surface area contributed by atoms with Crippen LogP contribution in [0.2, 0.25) is 0 Å². The molecule has 0 unspecified atom stereocenters. The van der Waals surface area contributed by atoms with E-state index in [1.54, 1.807) is 25.3 Å². The molecule has 4 nitrogen and oxygen atoms in total. The highest BCUT2D eigenvalue weighted by atomic mass is 19.1. The van der Waals surface area contributed by atoms with Gasteiger partial charge in [-0.15, -0.1) is 0 Å². The van der Waals surface area contributed by atoms with Crippen LogP contribution in [0.5, 0.6) is 11.5 Å². The van der Waals surface area contributed by atoms with E-state index in [0.717, 1.165) is 11.3 Å². The molecule has 2 rings (SSSR count). The van der Waals surface area contributed by atoms with Crippen LogP contribution in [0.4, 0.5) is 21.5 Å². The fourth-order valence-corrected chi connectivity index (χ4v) is 1.85. The van der Waals surface area contributed by atoms with E-state index in [-0.39, 0.29) is 5.75 Å². The van der Waals surface area contributed by atoms with Crippen LogP contribution in [0.25, 0.3) is 0 Å². The number of hydrogen-bond donors (Lipinski definition) is 2. The van der Waals surface area contributed by atoms with E-state index in [2.05, 4.69) is 5.32 Å². The molecule has 0 saturated heterocycles. The van der Waals surface area contributed by atoms with E-state index in [1.807, 2.05) is 13.0 Å². The number of nitrogens with one attached hydrogen (secondary N) is 1. The number of ether oxygens (including phenoxy) is 2. The van der Waals surface area contributed by atoms with Crippen LogP contribution in [0.3, 0.4) is 0 Å². The molecule has 5 heteroatoms. The molecule has 0 aromatic heterocycles. The van der Waals surface area contributed by atoms with Gasteiger partial charge in [-0.1, -0.05) is 0 Å². The van der Waals surface area contributed by atoms with Crippen molar-refractivity contribution in [3.63, 3.8) is 0 Å². The van der Waals surface area contributed by atoms with E-state index < -0.39 is 5.82 Å². The van der Waals surface area contributed by atoms with Crippen molar-refractivity contribution in [2.24, 2.45) is 0 Å². The first-order chi connectivity index (χ1) is 9.55. The lowest BCUT2D eigenvalue weighted by atomic mass is 10.1.